The molecule has 88 valence electrons. The number of pyridine rings is 1. The van der Waals surface area contributed by atoms with Crippen LogP contribution in [0.1, 0.15) is 35.8 Å². The molecule has 0 spiro atoms. The van der Waals surface area contributed by atoms with Gasteiger partial charge in [0.1, 0.15) is 0 Å². The van der Waals surface area contributed by atoms with Crippen LogP contribution in [0.2, 0.25) is 0 Å². The maximum Gasteiger partial charge on any atom is 0.253 e. The summed E-state index contributed by atoms with van der Waals surface area (Å²) in [5, 5.41) is 11.9. The number of rotatable bonds is 5. The third-order valence-corrected chi connectivity index (χ3v) is 2.34. The highest BCUT2D eigenvalue weighted by atomic mass is 16.3. The Hall–Kier alpha value is -1.42. The standard InChI is InChI=1S/C12H18N2O2/c1-9(15)5-3-8-14-12(16)11-6-4-7-13-10(11)2/h4,6-7,9,15H,3,5,8H2,1-2H3,(H,14,16). The summed E-state index contributed by atoms with van der Waals surface area (Å²) in [6.07, 6.45) is 2.84. The van der Waals surface area contributed by atoms with Crippen LogP contribution in [0, 0.1) is 6.92 Å². The number of hydrogen-bond acceptors (Lipinski definition) is 3. The van der Waals surface area contributed by atoms with Gasteiger partial charge < -0.3 is 10.4 Å². The average Bonchev–Trinajstić information content (AvgIpc) is 2.24. The smallest absolute Gasteiger partial charge is 0.253 e. The van der Waals surface area contributed by atoms with Gasteiger partial charge in [-0.3, -0.25) is 9.78 Å². The predicted octanol–water partition coefficient (Wildman–Crippen LogP) is 1.28. The van der Waals surface area contributed by atoms with Crippen LogP contribution < -0.4 is 5.32 Å². The Morgan fingerprint density at radius 2 is 2.38 bits per heavy atom. The molecule has 1 atom stereocenters. The Kier molecular flexibility index (Phi) is 4.92. The molecule has 1 rings (SSSR count). The van der Waals surface area contributed by atoms with Crippen molar-refractivity contribution in [2.75, 3.05) is 6.54 Å². The lowest BCUT2D eigenvalue weighted by molar-refractivity contribution is 0.0948. The summed E-state index contributed by atoms with van der Waals surface area (Å²) in [7, 11) is 0. The highest BCUT2D eigenvalue weighted by Gasteiger charge is 2.07. The fourth-order valence-electron chi connectivity index (χ4n) is 1.42. The SMILES string of the molecule is Cc1ncccc1C(=O)NCCCC(C)O. The topological polar surface area (TPSA) is 62.2 Å². The number of nitrogens with one attached hydrogen (secondary N) is 1. The molecule has 0 aliphatic carbocycles. The van der Waals surface area contributed by atoms with Gasteiger partial charge in [-0.1, -0.05) is 0 Å². The zero-order chi connectivity index (χ0) is 12.0. The molecule has 0 aromatic carbocycles. The maximum absolute atomic E-state index is 11.7. The minimum Gasteiger partial charge on any atom is -0.393 e. The molecule has 1 aromatic rings. The zero-order valence-electron chi connectivity index (χ0n) is 9.73. The van der Waals surface area contributed by atoms with E-state index < -0.39 is 0 Å². The van der Waals surface area contributed by atoms with Gasteiger partial charge in [0.2, 0.25) is 0 Å². The zero-order valence-corrected chi connectivity index (χ0v) is 9.73. The van der Waals surface area contributed by atoms with Crippen molar-refractivity contribution >= 4 is 5.91 Å². The number of carbonyl (C=O) groups is 1. The average molecular weight is 222 g/mol. The molecule has 4 nitrogen and oxygen atoms in total. The van der Waals surface area contributed by atoms with E-state index in [9.17, 15) is 4.79 Å². The van der Waals surface area contributed by atoms with Crippen LogP contribution in [-0.4, -0.2) is 28.6 Å². The van der Waals surface area contributed by atoms with E-state index in [4.69, 9.17) is 5.11 Å². The first-order valence-electron chi connectivity index (χ1n) is 5.49. The Bertz CT molecular complexity index is 351. The van der Waals surface area contributed by atoms with Gasteiger partial charge >= 0.3 is 0 Å². The van der Waals surface area contributed by atoms with Gasteiger partial charge in [-0.2, -0.15) is 0 Å². The number of aliphatic hydroxyl groups excluding tert-OH is 1. The largest absolute Gasteiger partial charge is 0.393 e. The molecule has 2 N–H and O–H groups in total. The molecule has 0 bridgehead atoms. The molecule has 1 amide bonds. The molecule has 0 aliphatic rings. The van der Waals surface area contributed by atoms with Gasteiger partial charge in [0, 0.05) is 18.4 Å². The van der Waals surface area contributed by atoms with E-state index in [0.29, 0.717) is 18.5 Å². The number of aliphatic hydroxyl groups is 1. The molecular weight excluding hydrogens is 204 g/mol. The number of amides is 1. The van der Waals surface area contributed by atoms with Crippen LogP contribution in [0.5, 0.6) is 0 Å². The van der Waals surface area contributed by atoms with Crippen LogP contribution in [0.3, 0.4) is 0 Å². The van der Waals surface area contributed by atoms with Crippen LogP contribution in [0.15, 0.2) is 18.3 Å². The lowest BCUT2D eigenvalue weighted by atomic mass is 10.2. The van der Waals surface area contributed by atoms with Crippen molar-refractivity contribution in [2.45, 2.75) is 32.8 Å². The van der Waals surface area contributed by atoms with E-state index >= 15 is 0 Å². The summed E-state index contributed by atoms with van der Waals surface area (Å²) in [6, 6.07) is 3.50. The number of hydrogen-bond donors (Lipinski definition) is 2. The molecule has 16 heavy (non-hydrogen) atoms. The number of aryl methyl sites for hydroxylation is 1. The molecule has 0 radical (unpaired) electrons. The van der Waals surface area contributed by atoms with E-state index in [-0.39, 0.29) is 12.0 Å². The lowest BCUT2D eigenvalue weighted by Gasteiger charge is -2.07. The summed E-state index contributed by atoms with van der Waals surface area (Å²) < 4.78 is 0. The highest BCUT2D eigenvalue weighted by molar-refractivity contribution is 5.95. The van der Waals surface area contributed by atoms with Gasteiger partial charge in [-0.15, -0.1) is 0 Å². The van der Waals surface area contributed by atoms with E-state index in [0.717, 1.165) is 12.1 Å². The van der Waals surface area contributed by atoms with Crippen molar-refractivity contribution in [3.63, 3.8) is 0 Å². The third-order valence-electron chi connectivity index (χ3n) is 2.34. The van der Waals surface area contributed by atoms with E-state index in [1.807, 2.05) is 6.92 Å². The molecule has 0 fully saturated rings. The Morgan fingerprint density at radius 3 is 3.00 bits per heavy atom. The minimum atomic E-state index is -0.308. The maximum atomic E-state index is 11.7. The number of nitrogens with zero attached hydrogens (tertiary/aromatic N) is 1. The quantitative estimate of drug-likeness (QED) is 0.738. The van der Waals surface area contributed by atoms with Crippen LogP contribution in [-0.2, 0) is 0 Å². The number of aromatic nitrogens is 1. The highest BCUT2D eigenvalue weighted by Crippen LogP contribution is 2.03. The molecule has 1 unspecified atom stereocenters. The van der Waals surface area contributed by atoms with Gasteiger partial charge in [0.25, 0.3) is 5.91 Å². The van der Waals surface area contributed by atoms with Crippen LogP contribution in [0.4, 0.5) is 0 Å². The summed E-state index contributed by atoms with van der Waals surface area (Å²) in [5.41, 5.74) is 1.34. The van der Waals surface area contributed by atoms with Crippen LogP contribution in [0.25, 0.3) is 0 Å². The lowest BCUT2D eigenvalue weighted by Crippen LogP contribution is -2.25. The summed E-state index contributed by atoms with van der Waals surface area (Å²) in [5.74, 6) is -0.101. The van der Waals surface area contributed by atoms with E-state index in [1.165, 1.54) is 0 Å². The summed E-state index contributed by atoms with van der Waals surface area (Å²) >= 11 is 0. The van der Waals surface area contributed by atoms with Crippen molar-refractivity contribution in [3.05, 3.63) is 29.6 Å². The first kappa shape index (κ1) is 12.6. The first-order valence-corrected chi connectivity index (χ1v) is 5.49. The first-order chi connectivity index (χ1) is 7.61. The van der Waals surface area contributed by atoms with Gasteiger partial charge in [-0.25, -0.2) is 0 Å². The van der Waals surface area contributed by atoms with Crippen molar-refractivity contribution < 1.29 is 9.90 Å². The second-order valence-electron chi connectivity index (χ2n) is 3.88. The second kappa shape index (κ2) is 6.23. The fraction of sp³-hybridized carbons (Fsp3) is 0.500. The molecule has 0 saturated carbocycles. The fourth-order valence-corrected chi connectivity index (χ4v) is 1.42. The molecule has 0 aliphatic heterocycles. The van der Waals surface area contributed by atoms with Gasteiger partial charge in [0.05, 0.1) is 11.7 Å². The predicted molar refractivity (Wildman–Crippen MR) is 62.2 cm³/mol. The van der Waals surface area contributed by atoms with E-state index in [1.54, 1.807) is 25.3 Å². The Balaban J connectivity index is 2.39. The Morgan fingerprint density at radius 1 is 1.62 bits per heavy atom. The van der Waals surface area contributed by atoms with Gasteiger partial charge in [-0.05, 0) is 38.8 Å². The minimum absolute atomic E-state index is 0.101. The normalized spacial score (nSPS) is 12.2. The van der Waals surface area contributed by atoms with Crippen molar-refractivity contribution in [2.24, 2.45) is 0 Å². The molecular formula is C12H18N2O2. The monoisotopic (exact) mass is 222 g/mol. The van der Waals surface area contributed by atoms with Crippen LogP contribution >= 0.6 is 0 Å². The number of carbonyl (C=O) groups excluding carboxylic acids is 1. The molecule has 4 heteroatoms. The molecule has 1 aromatic heterocycles. The summed E-state index contributed by atoms with van der Waals surface area (Å²) in [6.45, 7) is 4.13. The third kappa shape index (κ3) is 3.98. The Labute approximate surface area is 95.7 Å². The van der Waals surface area contributed by atoms with Crippen molar-refractivity contribution in [3.8, 4) is 0 Å². The second-order valence-corrected chi connectivity index (χ2v) is 3.88. The van der Waals surface area contributed by atoms with Gasteiger partial charge in [0.15, 0.2) is 0 Å². The van der Waals surface area contributed by atoms with Crippen molar-refractivity contribution in [1.82, 2.24) is 10.3 Å². The molecule has 0 saturated heterocycles. The summed E-state index contributed by atoms with van der Waals surface area (Å²) in [4.78, 5) is 15.8. The van der Waals surface area contributed by atoms with E-state index in [2.05, 4.69) is 10.3 Å². The van der Waals surface area contributed by atoms with Crippen molar-refractivity contribution in [1.29, 1.82) is 0 Å². The molecule has 1 heterocycles.